The lowest BCUT2D eigenvalue weighted by atomic mass is 9.78. The number of rotatable bonds is 6. The maximum absolute atomic E-state index is 13.4. The Morgan fingerprint density at radius 3 is 2.45 bits per heavy atom. The molecule has 0 radical (unpaired) electrons. The van der Waals surface area contributed by atoms with Crippen LogP contribution in [-0.4, -0.2) is 64.9 Å². The number of carbonyl (C=O) groups excluding carboxylic acids is 2. The molecule has 2 atom stereocenters. The first-order valence-corrected chi connectivity index (χ1v) is 14.0. The van der Waals surface area contributed by atoms with Gasteiger partial charge >= 0.3 is 13.2 Å². The fourth-order valence-electron chi connectivity index (χ4n) is 5.33. The molecule has 2 aliphatic heterocycles. The van der Waals surface area contributed by atoms with E-state index in [4.69, 9.17) is 14.0 Å². The van der Waals surface area contributed by atoms with Gasteiger partial charge in [0.25, 0.3) is 5.91 Å². The van der Waals surface area contributed by atoms with Crippen LogP contribution in [0.15, 0.2) is 42.6 Å². The number of carbonyl (C=O) groups is 2. The van der Waals surface area contributed by atoms with Gasteiger partial charge in [-0.25, -0.2) is 9.78 Å². The first-order chi connectivity index (χ1) is 18.9. The molecule has 0 bridgehead atoms. The Bertz CT molecular complexity index is 1400. The number of aromatic nitrogens is 2. The van der Waals surface area contributed by atoms with E-state index in [0.29, 0.717) is 6.54 Å². The monoisotopic (exact) mass is 546 g/mol. The van der Waals surface area contributed by atoms with Crippen molar-refractivity contribution in [3.63, 3.8) is 0 Å². The van der Waals surface area contributed by atoms with Crippen molar-refractivity contribution in [2.24, 2.45) is 5.92 Å². The molecule has 40 heavy (non-hydrogen) atoms. The zero-order valence-corrected chi connectivity index (χ0v) is 24.4. The average Bonchev–Trinajstić information content (AvgIpc) is 3.63. The first kappa shape index (κ1) is 28.2. The molecule has 2 fully saturated rings. The molecule has 2 saturated heterocycles. The smallest absolute Gasteiger partial charge is 0.436 e. The second kappa shape index (κ2) is 10.6. The third-order valence-corrected chi connectivity index (χ3v) is 8.43. The van der Waals surface area contributed by atoms with Gasteiger partial charge in [0, 0.05) is 19.2 Å². The largest absolute Gasteiger partial charge is 0.494 e. The lowest BCUT2D eigenvalue weighted by molar-refractivity contribution is -0.143. The molecule has 1 aromatic heterocycles. The summed E-state index contributed by atoms with van der Waals surface area (Å²) in [5, 5.41) is 4.62. The molecule has 0 spiro atoms. The molecule has 3 heterocycles. The molecule has 0 unspecified atom stereocenters. The number of nitrogens with zero attached hydrogens (tertiary/aromatic N) is 2. The van der Waals surface area contributed by atoms with E-state index in [9.17, 15) is 9.59 Å². The van der Waals surface area contributed by atoms with Crippen LogP contribution >= 0.6 is 0 Å². The molecule has 10 heteroatoms. The summed E-state index contributed by atoms with van der Waals surface area (Å²) in [6, 6.07) is 12.4. The highest BCUT2D eigenvalue weighted by molar-refractivity contribution is 6.62. The number of alkyl carbamates (subject to hydrolysis) is 1. The summed E-state index contributed by atoms with van der Waals surface area (Å²) in [5.74, 6) is 0.392. The van der Waals surface area contributed by atoms with E-state index in [1.165, 1.54) is 7.05 Å². The van der Waals surface area contributed by atoms with E-state index in [1.807, 2.05) is 20.0 Å². The Morgan fingerprint density at radius 1 is 1.10 bits per heavy atom. The predicted octanol–water partition coefficient (Wildman–Crippen LogP) is 4.57. The highest BCUT2D eigenvalue weighted by atomic mass is 16.7. The third-order valence-electron chi connectivity index (χ3n) is 8.43. The van der Waals surface area contributed by atoms with E-state index >= 15 is 0 Å². The highest BCUT2D eigenvalue weighted by Crippen LogP contribution is 2.37. The fourth-order valence-corrected chi connectivity index (χ4v) is 5.33. The molecule has 3 aromatic rings. The zero-order chi connectivity index (χ0) is 28.8. The molecule has 5 rings (SSSR count). The van der Waals surface area contributed by atoms with Gasteiger partial charge in [0.1, 0.15) is 5.82 Å². The van der Waals surface area contributed by atoms with Crippen LogP contribution in [0.4, 0.5) is 4.79 Å². The van der Waals surface area contributed by atoms with Crippen LogP contribution in [-0.2, 0) is 18.8 Å². The maximum Gasteiger partial charge on any atom is 0.494 e. The van der Waals surface area contributed by atoms with Gasteiger partial charge in [0.15, 0.2) is 6.10 Å². The number of imidazole rings is 1. The van der Waals surface area contributed by atoms with Crippen LogP contribution in [0.25, 0.3) is 22.0 Å². The van der Waals surface area contributed by atoms with Crippen LogP contribution in [0, 0.1) is 5.92 Å². The quantitative estimate of drug-likeness (QED) is 0.439. The SMILES string of the molecule is CNC(=O)O[C@H](C(=O)N1CCC[C@H]1c1ncc(-c2ccc3cc(B4OC(C)(C)C(C)(C)O4)ccc3c2)[nH]1)C(C)C. The highest BCUT2D eigenvalue weighted by Gasteiger charge is 2.51. The average molecular weight is 546 g/mol. The van der Waals surface area contributed by atoms with Crippen LogP contribution in [0.2, 0.25) is 0 Å². The standard InChI is InChI=1S/C30H39BN4O5/c1-18(2)25(38-28(37)32-7)27(36)35-14-8-9-24(35)26-33-17-23(34-26)21-11-10-20-16-22(13-12-19(20)15-21)31-39-29(3,4)30(5,6)40-31/h10-13,15-18,24-25H,8-9,14H2,1-7H3,(H,32,37)(H,33,34)/t24-,25-/m0/s1. The van der Waals surface area contributed by atoms with Gasteiger partial charge in [-0.15, -0.1) is 0 Å². The van der Waals surface area contributed by atoms with Crippen LogP contribution in [0.1, 0.15) is 66.3 Å². The molecular weight excluding hydrogens is 507 g/mol. The molecule has 212 valence electrons. The van der Waals surface area contributed by atoms with Crippen molar-refractivity contribution >= 4 is 35.4 Å². The van der Waals surface area contributed by atoms with Crippen LogP contribution in [0.3, 0.4) is 0 Å². The van der Waals surface area contributed by atoms with E-state index in [1.54, 1.807) is 4.90 Å². The molecular formula is C30H39BN4O5. The summed E-state index contributed by atoms with van der Waals surface area (Å²) in [6.45, 7) is 12.6. The molecule has 2 N–H and O–H groups in total. The van der Waals surface area contributed by atoms with Gasteiger partial charge in [-0.2, -0.15) is 0 Å². The van der Waals surface area contributed by atoms with Crippen molar-refractivity contribution in [3.05, 3.63) is 48.4 Å². The summed E-state index contributed by atoms with van der Waals surface area (Å²) in [4.78, 5) is 35.1. The molecule has 0 saturated carbocycles. The van der Waals surface area contributed by atoms with Gasteiger partial charge in [0.2, 0.25) is 0 Å². The second-order valence-electron chi connectivity index (χ2n) is 12.1. The van der Waals surface area contributed by atoms with E-state index in [0.717, 1.165) is 46.2 Å². The lowest BCUT2D eigenvalue weighted by Gasteiger charge is -2.32. The zero-order valence-electron chi connectivity index (χ0n) is 24.4. The number of hydrogen-bond donors (Lipinski definition) is 2. The maximum atomic E-state index is 13.4. The number of benzene rings is 2. The molecule has 2 amide bonds. The first-order valence-electron chi connectivity index (χ1n) is 14.0. The Labute approximate surface area is 236 Å². The summed E-state index contributed by atoms with van der Waals surface area (Å²) in [6.07, 6.45) is 2.01. The number of fused-ring (bicyclic) bond motifs is 1. The Morgan fingerprint density at radius 2 is 1.77 bits per heavy atom. The minimum Gasteiger partial charge on any atom is -0.436 e. The van der Waals surface area contributed by atoms with Gasteiger partial charge in [-0.3, -0.25) is 4.79 Å². The summed E-state index contributed by atoms with van der Waals surface area (Å²) in [7, 11) is 1.08. The van der Waals surface area contributed by atoms with E-state index < -0.39 is 19.3 Å². The fraction of sp³-hybridized carbons (Fsp3) is 0.500. The topological polar surface area (TPSA) is 106 Å². The predicted molar refractivity (Wildman–Crippen MR) is 155 cm³/mol. The second-order valence-corrected chi connectivity index (χ2v) is 12.1. The van der Waals surface area contributed by atoms with E-state index in [2.05, 4.69) is 79.4 Å². The minimum atomic E-state index is -0.850. The van der Waals surface area contributed by atoms with Gasteiger partial charge < -0.3 is 29.2 Å². The molecule has 2 aliphatic rings. The van der Waals surface area contributed by atoms with Crippen molar-refractivity contribution in [1.29, 1.82) is 0 Å². The molecule has 2 aromatic carbocycles. The normalized spacial score (nSPS) is 20.8. The lowest BCUT2D eigenvalue weighted by Crippen LogP contribution is -2.45. The van der Waals surface area contributed by atoms with Crippen molar-refractivity contribution < 1.29 is 23.6 Å². The van der Waals surface area contributed by atoms with Gasteiger partial charge in [-0.05, 0) is 68.8 Å². The Balaban J connectivity index is 1.34. The minimum absolute atomic E-state index is 0.152. The number of hydrogen-bond acceptors (Lipinski definition) is 6. The molecule has 9 nitrogen and oxygen atoms in total. The van der Waals surface area contributed by atoms with Crippen molar-refractivity contribution in [2.75, 3.05) is 13.6 Å². The molecule has 0 aliphatic carbocycles. The summed E-state index contributed by atoms with van der Waals surface area (Å²) in [5.41, 5.74) is 2.11. The van der Waals surface area contributed by atoms with Gasteiger partial charge in [0.05, 0.1) is 29.1 Å². The third kappa shape index (κ3) is 5.22. The number of aromatic amines is 1. The van der Waals surface area contributed by atoms with Crippen LogP contribution < -0.4 is 10.8 Å². The van der Waals surface area contributed by atoms with Crippen molar-refractivity contribution in [1.82, 2.24) is 20.2 Å². The number of amides is 2. The number of H-pyrrole nitrogens is 1. The number of likely N-dealkylation sites (tertiary alicyclic amines) is 1. The Kier molecular flexibility index (Phi) is 7.44. The van der Waals surface area contributed by atoms with Gasteiger partial charge in [-0.1, -0.05) is 44.2 Å². The van der Waals surface area contributed by atoms with Crippen molar-refractivity contribution in [2.45, 2.75) is 77.7 Å². The summed E-state index contributed by atoms with van der Waals surface area (Å²) < 4.78 is 17.9. The summed E-state index contributed by atoms with van der Waals surface area (Å²) >= 11 is 0. The number of nitrogens with one attached hydrogen (secondary N) is 2. The van der Waals surface area contributed by atoms with Crippen LogP contribution in [0.5, 0.6) is 0 Å². The number of ether oxygens (including phenoxy) is 1. The Hall–Kier alpha value is -3.37. The van der Waals surface area contributed by atoms with E-state index in [-0.39, 0.29) is 29.1 Å². The van der Waals surface area contributed by atoms with Crippen molar-refractivity contribution in [3.8, 4) is 11.3 Å².